The highest BCUT2D eigenvalue weighted by molar-refractivity contribution is 6.31. The molecule has 21 heavy (non-hydrogen) atoms. The van der Waals surface area contributed by atoms with Crippen LogP contribution in [0.25, 0.3) is 10.9 Å². The minimum absolute atomic E-state index is 0.0668. The van der Waals surface area contributed by atoms with Gasteiger partial charge in [0.05, 0.1) is 0 Å². The van der Waals surface area contributed by atoms with Crippen molar-refractivity contribution >= 4 is 34.4 Å². The van der Waals surface area contributed by atoms with Gasteiger partial charge in [-0.15, -0.1) is 0 Å². The summed E-state index contributed by atoms with van der Waals surface area (Å²) in [5.74, 6) is -1.33. The van der Waals surface area contributed by atoms with Crippen molar-refractivity contribution < 1.29 is 14.7 Å². The van der Waals surface area contributed by atoms with Crippen LogP contribution in [0.5, 0.6) is 0 Å². The van der Waals surface area contributed by atoms with Crippen LogP contribution >= 0.6 is 11.6 Å². The zero-order valence-electron chi connectivity index (χ0n) is 11.7. The van der Waals surface area contributed by atoms with Crippen LogP contribution in [0.3, 0.4) is 0 Å². The summed E-state index contributed by atoms with van der Waals surface area (Å²) in [7, 11) is 0. The number of amides is 1. The zero-order chi connectivity index (χ0) is 15.4. The number of hydrogen-bond donors (Lipinski definition) is 2. The Morgan fingerprint density at radius 1 is 1.38 bits per heavy atom. The third-order valence-corrected chi connectivity index (χ3v) is 3.50. The highest BCUT2D eigenvalue weighted by atomic mass is 35.5. The van der Waals surface area contributed by atoms with Gasteiger partial charge >= 0.3 is 5.97 Å². The van der Waals surface area contributed by atoms with Crippen molar-refractivity contribution in [3.63, 3.8) is 0 Å². The Hall–Kier alpha value is -2.01. The highest BCUT2D eigenvalue weighted by Gasteiger charge is 2.19. The van der Waals surface area contributed by atoms with Crippen LogP contribution in [0.4, 0.5) is 0 Å². The number of carbonyl (C=O) groups is 2. The molecule has 1 unspecified atom stereocenters. The molecule has 1 atom stereocenters. The van der Waals surface area contributed by atoms with Gasteiger partial charge in [-0.3, -0.25) is 4.79 Å². The van der Waals surface area contributed by atoms with E-state index in [1.807, 2.05) is 19.1 Å². The third-order valence-electron chi connectivity index (χ3n) is 3.26. The minimum atomic E-state index is -1.01. The van der Waals surface area contributed by atoms with E-state index in [4.69, 9.17) is 16.7 Å². The van der Waals surface area contributed by atoms with E-state index >= 15 is 0 Å². The van der Waals surface area contributed by atoms with Crippen molar-refractivity contribution in [2.24, 2.45) is 0 Å². The number of rotatable bonds is 6. The maximum absolute atomic E-state index is 12.0. The fourth-order valence-corrected chi connectivity index (χ4v) is 2.40. The number of carboxylic acids is 1. The average molecular weight is 309 g/mol. The molecule has 5 nitrogen and oxygen atoms in total. The summed E-state index contributed by atoms with van der Waals surface area (Å²) in [5, 5.41) is 13.2. The van der Waals surface area contributed by atoms with Gasteiger partial charge in [0.25, 0.3) is 0 Å². The molecule has 1 aromatic carbocycles. The number of nitrogens with one attached hydrogen (secondary N) is 1. The molecule has 112 valence electrons. The molecule has 1 amide bonds. The average Bonchev–Trinajstić information content (AvgIpc) is 2.80. The van der Waals surface area contributed by atoms with E-state index in [9.17, 15) is 9.59 Å². The van der Waals surface area contributed by atoms with E-state index in [0.717, 1.165) is 10.9 Å². The maximum atomic E-state index is 12.0. The SMILES string of the molecule is CCCC(NC(=O)Cn1ccc2ccc(Cl)cc21)C(=O)O. The summed E-state index contributed by atoms with van der Waals surface area (Å²) in [4.78, 5) is 23.0. The molecule has 0 radical (unpaired) electrons. The number of halogens is 1. The molecule has 1 aromatic heterocycles. The Morgan fingerprint density at radius 2 is 2.14 bits per heavy atom. The molecular formula is C15H17ClN2O3. The Labute approximate surface area is 127 Å². The molecule has 0 fully saturated rings. The van der Waals surface area contributed by atoms with Crippen molar-refractivity contribution in [3.8, 4) is 0 Å². The van der Waals surface area contributed by atoms with Crippen molar-refractivity contribution in [1.29, 1.82) is 0 Å². The first-order valence-electron chi connectivity index (χ1n) is 6.78. The van der Waals surface area contributed by atoms with Crippen LogP contribution in [0, 0.1) is 0 Å². The molecule has 2 N–H and O–H groups in total. The number of hydrogen-bond acceptors (Lipinski definition) is 2. The maximum Gasteiger partial charge on any atom is 0.326 e. The third kappa shape index (κ3) is 3.76. The predicted octanol–water partition coefficient (Wildman–Crippen LogP) is 2.66. The van der Waals surface area contributed by atoms with Crippen molar-refractivity contribution in [1.82, 2.24) is 9.88 Å². The topological polar surface area (TPSA) is 71.3 Å². The number of fused-ring (bicyclic) bond motifs is 1. The second-order valence-corrected chi connectivity index (χ2v) is 5.33. The van der Waals surface area contributed by atoms with Gasteiger partial charge in [-0.05, 0) is 30.0 Å². The first-order chi connectivity index (χ1) is 10.0. The largest absolute Gasteiger partial charge is 0.480 e. The first kappa shape index (κ1) is 15.4. The number of aromatic nitrogens is 1. The molecular weight excluding hydrogens is 292 g/mol. The normalized spacial score (nSPS) is 12.3. The van der Waals surface area contributed by atoms with Crippen molar-refractivity contribution in [2.75, 3.05) is 0 Å². The second kappa shape index (κ2) is 6.63. The number of carbonyl (C=O) groups excluding carboxylic acids is 1. The van der Waals surface area contributed by atoms with Gasteiger partial charge in [-0.25, -0.2) is 4.79 Å². The summed E-state index contributed by atoms with van der Waals surface area (Å²) in [6.45, 7) is 1.95. The lowest BCUT2D eigenvalue weighted by molar-refractivity contribution is -0.142. The Morgan fingerprint density at radius 3 is 2.81 bits per heavy atom. The number of carboxylic acid groups (broad SMARTS) is 1. The molecule has 0 bridgehead atoms. The molecule has 0 saturated heterocycles. The highest BCUT2D eigenvalue weighted by Crippen LogP contribution is 2.20. The Bertz CT molecular complexity index is 666. The molecule has 0 saturated carbocycles. The van der Waals surface area contributed by atoms with Gasteiger partial charge in [-0.2, -0.15) is 0 Å². The molecule has 0 spiro atoms. The molecule has 6 heteroatoms. The number of benzene rings is 1. The lowest BCUT2D eigenvalue weighted by Crippen LogP contribution is -2.42. The molecule has 0 aliphatic rings. The van der Waals surface area contributed by atoms with Crippen LogP contribution in [0.2, 0.25) is 5.02 Å². The van der Waals surface area contributed by atoms with Gasteiger partial charge in [0, 0.05) is 16.7 Å². The van der Waals surface area contributed by atoms with Crippen LogP contribution in [-0.4, -0.2) is 27.6 Å². The minimum Gasteiger partial charge on any atom is -0.480 e. The summed E-state index contributed by atoms with van der Waals surface area (Å²) in [6, 6.07) is 6.50. The van der Waals surface area contributed by atoms with Crippen LogP contribution in [0.1, 0.15) is 19.8 Å². The standard InChI is InChI=1S/C15H17ClN2O3/c1-2-3-12(15(20)21)17-14(19)9-18-7-6-10-4-5-11(16)8-13(10)18/h4-8,12H,2-3,9H2,1H3,(H,17,19)(H,20,21). The summed E-state index contributed by atoms with van der Waals surface area (Å²) in [5.41, 5.74) is 0.847. The quantitative estimate of drug-likeness (QED) is 0.862. The van der Waals surface area contributed by atoms with Crippen molar-refractivity contribution in [3.05, 3.63) is 35.5 Å². The van der Waals surface area contributed by atoms with Gasteiger partial charge in [0.2, 0.25) is 5.91 Å². The first-order valence-corrected chi connectivity index (χ1v) is 7.15. The molecule has 2 rings (SSSR count). The monoisotopic (exact) mass is 308 g/mol. The second-order valence-electron chi connectivity index (χ2n) is 4.89. The fraction of sp³-hybridized carbons (Fsp3) is 0.333. The lowest BCUT2D eigenvalue weighted by atomic mass is 10.1. The van der Waals surface area contributed by atoms with Gasteiger partial charge in [0.15, 0.2) is 0 Å². The van der Waals surface area contributed by atoms with E-state index in [1.54, 1.807) is 22.9 Å². The number of aliphatic carboxylic acids is 1. The van der Waals surface area contributed by atoms with Crippen LogP contribution < -0.4 is 5.32 Å². The van der Waals surface area contributed by atoms with Gasteiger partial charge in [-0.1, -0.05) is 31.0 Å². The van der Waals surface area contributed by atoms with E-state index in [2.05, 4.69) is 5.32 Å². The summed E-state index contributed by atoms with van der Waals surface area (Å²) >= 11 is 5.96. The molecule has 2 aromatic rings. The van der Waals surface area contributed by atoms with Crippen LogP contribution in [0.15, 0.2) is 30.5 Å². The number of nitrogens with zero attached hydrogens (tertiary/aromatic N) is 1. The van der Waals surface area contributed by atoms with Gasteiger partial charge < -0.3 is 15.0 Å². The smallest absolute Gasteiger partial charge is 0.326 e. The zero-order valence-corrected chi connectivity index (χ0v) is 12.4. The van der Waals surface area contributed by atoms with E-state index < -0.39 is 12.0 Å². The summed E-state index contributed by atoms with van der Waals surface area (Å²) < 4.78 is 1.75. The Balaban J connectivity index is 2.10. The predicted molar refractivity (Wildman–Crippen MR) is 81.4 cm³/mol. The van der Waals surface area contributed by atoms with Gasteiger partial charge in [0.1, 0.15) is 12.6 Å². The lowest BCUT2D eigenvalue weighted by Gasteiger charge is -2.14. The van der Waals surface area contributed by atoms with E-state index in [1.165, 1.54) is 0 Å². The van der Waals surface area contributed by atoms with Crippen LogP contribution in [-0.2, 0) is 16.1 Å². The molecule has 1 heterocycles. The summed E-state index contributed by atoms with van der Waals surface area (Å²) in [6.07, 6.45) is 2.90. The Kier molecular flexibility index (Phi) is 4.85. The van der Waals surface area contributed by atoms with E-state index in [-0.39, 0.29) is 12.5 Å². The molecule has 0 aliphatic heterocycles. The van der Waals surface area contributed by atoms with Crippen molar-refractivity contribution in [2.45, 2.75) is 32.4 Å². The molecule has 0 aliphatic carbocycles. The van der Waals surface area contributed by atoms with E-state index in [0.29, 0.717) is 17.9 Å². The fourth-order valence-electron chi connectivity index (χ4n) is 2.24.